The second-order valence-corrected chi connectivity index (χ2v) is 8.88. The molecule has 1 saturated heterocycles. The van der Waals surface area contributed by atoms with Crippen molar-refractivity contribution < 1.29 is 13.2 Å². The van der Waals surface area contributed by atoms with E-state index in [9.17, 15) is 13.2 Å². The van der Waals surface area contributed by atoms with E-state index < -0.39 is 9.84 Å². The lowest BCUT2D eigenvalue weighted by Gasteiger charge is -2.13. The second-order valence-electron chi connectivity index (χ2n) is 5.43. The monoisotopic (exact) mass is 409 g/mol. The third-order valence-electron chi connectivity index (χ3n) is 3.41. The van der Waals surface area contributed by atoms with Crippen LogP contribution >= 0.6 is 35.4 Å². The normalized spacial score (nSPS) is 18.8. The first-order chi connectivity index (χ1) is 11.2. The maximum Gasteiger partial charge on any atom is 0.222 e. The van der Waals surface area contributed by atoms with Crippen LogP contribution in [0.2, 0.25) is 10.0 Å². The lowest BCUT2D eigenvalue weighted by Crippen LogP contribution is -2.38. The molecule has 3 N–H and O–H groups in total. The fourth-order valence-electron chi connectivity index (χ4n) is 2.25. The highest BCUT2D eigenvalue weighted by molar-refractivity contribution is 7.91. The van der Waals surface area contributed by atoms with Gasteiger partial charge in [0.05, 0.1) is 21.6 Å². The largest absolute Gasteiger partial charge is 0.362 e. The summed E-state index contributed by atoms with van der Waals surface area (Å²) in [6, 6.07) is 4.74. The van der Waals surface area contributed by atoms with Crippen molar-refractivity contribution >= 4 is 62.0 Å². The van der Waals surface area contributed by atoms with Crippen LogP contribution in [0.3, 0.4) is 0 Å². The summed E-state index contributed by atoms with van der Waals surface area (Å²) in [6.07, 6.45) is 0.665. The standard InChI is InChI=1S/C14H17Cl2N3O3S2/c15-11-2-1-9(7-12(11)16)19-14(23)17-5-3-13(20)18-10-4-6-24(21,22)8-10/h1-2,7,10H,3-6,8H2,(H,18,20)(H2,17,19,23). The van der Waals surface area contributed by atoms with Crippen molar-refractivity contribution in [2.75, 3.05) is 23.4 Å². The predicted octanol–water partition coefficient (Wildman–Crippen LogP) is 1.97. The number of sulfone groups is 1. The molecule has 6 nitrogen and oxygen atoms in total. The number of nitrogens with one attached hydrogen (secondary N) is 3. The molecule has 0 aromatic heterocycles. The molecule has 24 heavy (non-hydrogen) atoms. The van der Waals surface area contributed by atoms with Gasteiger partial charge in [0.25, 0.3) is 0 Å². The summed E-state index contributed by atoms with van der Waals surface area (Å²) in [5.41, 5.74) is 0.683. The lowest BCUT2D eigenvalue weighted by molar-refractivity contribution is -0.121. The smallest absolute Gasteiger partial charge is 0.222 e. The number of thiocarbonyl (C=S) groups is 1. The van der Waals surface area contributed by atoms with Crippen LogP contribution in [-0.4, -0.2) is 43.5 Å². The van der Waals surface area contributed by atoms with Gasteiger partial charge in [-0.25, -0.2) is 8.42 Å². The van der Waals surface area contributed by atoms with E-state index in [2.05, 4.69) is 16.0 Å². The second kappa shape index (κ2) is 8.33. The molecule has 10 heteroatoms. The third kappa shape index (κ3) is 6.08. The number of hydrogen-bond donors (Lipinski definition) is 3. The number of rotatable bonds is 5. The highest BCUT2D eigenvalue weighted by atomic mass is 35.5. The summed E-state index contributed by atoms with van der Waals surface area (Å²) in [6.45, 7) is 0.332. The van der Waals surface area contributed by atoms with Gasteiger partial charge in [0.2, 0.25) is 5.91 Å². The van der Waals surface area contributed by atoms with E-state index in [0.717, 1.165) is 0 Å². The van der Waals surface area contributed by atoms with Gasteiger partial charge < -0.3 is 16.0 Å². The fraction of sp³-hybridized carbons (Fsp3) is 0.429. The van der Waals surface area contributed by atoms with Crippen molar-refractivity contribution in [1.29, 1.82) is 0 Å². The molecular formula is C14H17Cl2N3O3S2. The number of anilines is 1. The van der Waals surface area contributed by atoms with Crippen LogP contribution in [0.5, 0.6) is 0 Å². The number of hydrogen-bond acceptors (Lipinski definition) is 4. The molecule has 1 aliphatic heterocycles. The molecule has 1 atom stereocenters. The molecule has 1 aromatic carbocycles. The van der Waals surface area contributed by atoms with Crippen molar-refractivity contribution in [2.45, 2.75) is 18.9 Å². The van der Waals surface area contributed by atoms with Crippen molar-refractivity contribution in [3.63, 3.8) is 0 Å². The zero-order chi connectivity index (χ0) is 17.7. The van der Waals surface area contributed by atoms with Gasteiger partial charge in [-0.3, -0.25) is 4.79 Å². The van der Waals surface area contributed by atoms with Crippen molar-refractivity contribution in [3.05, 3.63) is 28.2 Å². The maximum atomic E-state index is 11.8. The molecule has 1 aliphatic rings. The van der Waals surface area contributed by atoms with E-state index in [1.807, 2.05) is 0 Å². The molecule has 1 aromatic rings. The summed E-state index contributed by atoms with van der Waals surface area (Å²) in [7, 11) is -3.00. The molecule has 1 amide bonds. The van der Waals surface area contributed by atoms with Gasteiger partial charge in [-0.15, -0.1) is 0 Å². The molecule has 0 bridgehead atoms. The van der Waals surface area contributed by atoms with E-state index in [1.165, 1.54) is 0 Å². The van der Waals surface area contributed by atoms with Crippen LogP contribution in [0.4, 0.5) is 5.69 Å². The highest BCUT2D eigenvalue weighted by Gasteiger charge is 2.28. The number of benzene rings is 1. The Kier molecular flexibility index (Phi) is 6.68. The third-order valence-corrected chi connectivity index (χ3v) is 6.17. The Morgan fingerprint density at radius 2 is 2.04 bits per heavy atom. The Morgan fingerprint density at radius 3 is 2.67 bits per heavy atom. The number of amides is 1. The Hall–Kier alpha value is -1.09. The van der Waals surface area contributed by atoms with Gasteiger partial charge >= 0.3 is 0 Å². The molecule has 0 aliphatic carbocycles. The van der Waals surface area contributed by atoms with E-state index in [1.54, 1.807) is 18.2 Å². The Morgan fingerprint density at radius 1 is 1.29 bits per heavy atom. The average molecular weight is 410 g/mol. The van der Waals surface area contributed by atoms with E-state index >= 15 is 0 Å². The van der Waals surface area contributed by atoms with E-state index in [0.29, 0.717) is 33.8 Å². The molecule has 132 valence electrons. The Labute approximate surface area is 156 Å². The lowest BCUT2D eigenvalue weighted by atomic mass is 10.2. The first kappa shape index (κ1) is 19.2. The minimum absolute atomic E-state index is 0.0173. The minimum atomic E-state index is -3.00. The first-order valence-electron chi connectivity index (χ1n) is 7.25. The zero-order valence-corrected chi connectivity index (χ0v) is 15.8. The molecular weight excluding hydrogens is 393 g/mol. The van der Waals surface area contributed by atoms with Gasteiger partial charge in [-0.05, 0) is 36.8 Å². The number of carbonyl (C=O) groups excluding carboxylic acids is 1. The fourth-order valence-corrected chi connectivity index (χ4v) is 4.44. The van der Waals surface area contributed by atoms with Crippen molar-refractivity contribution in [1.82, 2.24) is 10.6 Å². The van der Waals surface area contributed by atoms with Crippen molar-refractivity contribution in [2.24, 2.45) is 0 Å². The highest BCUT2D eigenvalue weighted by Crippen LogP contribution is 2.24. The summed E-state index contributed by atoms with van der Waals surface area (Å²) in [5.74, 6) is -0.0564. The Bertz CT molecular complexity index is 741. The predicted molar refractivity (Wildman–Crippen MR) is 101 cm³/mol. The molecule has 1 fully saturated rings. The van der Waals surface area contributed by atoms with Crippen LogP contribution in [-0.2, 0) is 14.6 Å². The van der Waals surface area contributed by atoms with Crippen LogP contribution in [0.15, 0.2) is 18.2 Å². The Balaban J connectivity index is 1.68. The number of halogens is 2. The average Bonchev–Trinajstić information content (AvgIpc) is 2.81. The molecule has 0 radical (unpaired) electrons. The SMILES string of the molecule is O=C(CCNC(=S)Nc1ccc(Cl)c(Cl)c1)NC1CCS(=O)(=O)C1. The van der Waals surface area contributed by atoms with Crippen LogP contribution in [0.25, 0.3) is 0 Å². The summed E-state index contributed by atoms with van der Waals surface area (Å²) in [5, 5.41) is 9.77. The summed E-state index contributed by atoms with van der Waals surface area (Å²) < 4.78 is 22.7. The quantitative estimate of drug-likeness (QED) is 0.644. The van der Waals surface area contributed by atoms with E-state index in [4.69, 9.17) is 35.4 Å². The maximum absolute atomic E-state index is 11.8. The molecule has 2 rings (SSSR count). The molecule has 0 saturated carbocycles. The zero-order valence-electron chi connectivity index (χ0n) is 12.6. The topological polar surface area (TPSA) is 87.3 Å². The van der Waals surface area contributed by atoms with Crippen LogP contribution in [0.1, 0.15) is 12.8 Å². The van der Waals surface area contributed by atoms with Crippen LogP contribution in [0, 0.1) is 0 Å². The van der Waals surface area contributed by atoms with Crippen LogP contribution < -0.4 is 16.0 Å². The van der Waals surface area contributed by atoms with Gasteiger partial charge in [-0.2, -0.15) is 0 Å². The molecule has 0 spiro atoms. The van der Waals surface area contributed by atoms with Gasteiger partial charge in [0.1, 0.15) is 0 Å². The molecule has 1 heterocycles. The molecule has 1 unspecified atom stereocenters. The van der Waals surface area contributed by atoms with Gasteiger partial charge in [0.15, 0.2) is 14.9 Å². The summed E-state index contributed by atoms with van der Waals surface area (Å²) in [4.78, 5) is 11.8. The number of carbonyl (C=O) groups is 1. The van der Waals surface area contributed by atoms with Gasteiger partial charge in [-0.1, -0.05) is 23.2 Å². The van der Waals surface area contributed by atoms with Gasteiger partial charge in [0, 0.05) is 24.7 Å². The first-order valence-corrected chi connectivity index (χ1v) is 10.2. The minimum Gasteiger partial charge on any atom is -0.362 e. The van der Waals surface area contributed by atoms with E-state index in [-0.39, 0.29) is 29.9 Å². The summed E-state index contributed by atoms with van der Waals surface area (Å²) >= 11 is 16.9. The van der Waals surface area contributed by atoms with Crippen molar-refractivity contribution in [3.8, 4) is 0 Å².